The van der Waals surface area contributed by atoms with Crippen LogP contribution in [0.3, 0.4) is 0 Å². The molecule has 2 aliphatic rings. The van der Waals surface area contributed by atoms with Gasteiger partial charge in [0.2, 0.25) is 0 Å². The van der Waals surface area contributed by atoms with E-state index in [1.807, 2.05) is 0 Å². The van der Waals surface area contributed by atoms with Crippen molar-refractivity contribution in [1.82, 2.24) is 9.97 Å². The number of nitrogens with zero attached hydrogens (tertiary/aromatic N) is 2. The van der Waals surface area contributed by atoms with Crippen molar-refractivity contribution < 1.29 is 0 Å². The molecule has 5 aromatic carbocycles. The summed E-state index contributed by atoms with van der Waals surface area (Å²) in [5.41, 5.74) is 12.1. The van der Waals surface area contributed by atoms with Gasteiger partial charge in [-0.2, -0.15) is 0 Å². The largest absolute Gasteiger partial charge is 0.250 e. The first-order valence-corrected chi connectivity index (χ1v) is 18.2. The summed E-state index contributed by atoms with van der Waals surface area (Å²) in [5.74, 6) is 1.12. The maximum atomic E-state index is 5.50. The van der Waals surface area contributed by atoms with Crippen molar-refractivity contribution in [3.63, 3.8) is 0 Å². The first-order chi connectivity index (χ1) is 23.8. The van der Waals surface area contributed by atoms with Crippen molar-refractivity contribution in [2.75, 3.05) is 0 Å². The number of hydrogen-bond acceptors (Lipinski definition) is 2. The average Bonchev–Trinajstić information content (AvgIpc) is 3.18. The minimum Gasteiger partial charge on any atom is -0.250 e. The quantitative estimate of drug-likeness (QED) is 0.179. The second-order valence-corrected chi connectivity index (χ2v) is 14.2. The van der Waals surface area contributed by atoms with Crippen LogP contribution in [-0.2, 0) is 0 Å². The van der Waals surface area contributed by atoms with Gasteiger partial charge in [0, 0.05) is 34.0 Å². The number of fused-ring (bicyclic) bond motifs is 4. The summed E-state index contributed by atoms with van der Waals surface area (Å²) in [4.78, 5) is 10.9. The van der Waals surface area contributed by atoms with Gasteiger partial charge in [-0.05, 0) is 94.1 Å². The van der Waals surface area contributed by atoms with Crippen LogP contribution in [0.5, 0.6) is 0 Å². The van der Waals surface area contributed by atoms with E-state index in [4.69, 9.17) is 9.97 Å². The molecule has 2 heteroatoms. The second-order valence-electron chi connectivity index (χ2n) is 14.2. The van der Waals surface area contributed by atoms with Gasteiger partial charge < -0.3 is 0 Å². The molecular weight excluding hydrogens is 581 g/mol. The van der Waals surface area contributed by atoms with Crippen LogP contribution in [-0.4, -0.2) is 9.97 Å². The Morgan fingerprint density at radius 1 is 0.375 bits per heavy atom. The first-order valence-electron chi connectivity index (χ1n) is 18.2. The highest BCUT2D eigenvalue weighted by Gasteiger charge is 2.22. The highest BCUT2D eigenvalue weighted by Crippen LogP contribution is 2.41. The molecule has 0 unspecified atom stereocenters. The molecule has 0 radical (unpaired) electrons. The zero-order valence-electron chi connectivity index (χ0n) is 27.7. The Balaban J connectivity index is 1.20. The Kier molecular flexibility index (Phi) is 7.73. The molecule has 2 aromatic heterocycles. The van der Waals surface area contributed by atoms with Gasteiger partial charge >= 0.3 is 0 Å². The Hall–Kier alpha value is -4.82. The molecule has 2 heterocycles. The van der Waals surface area contributed by atoms with Gasteiger partial charge in [-0.15, -0.1) is 0 Å². The van der Waals surface area contributed by atoms with Gasteiger partial charge in [0.15, 0.2) is 0 Å². The second kappa shape index (κ2) is 12.7. The van der Waals surface area contributed by atoms with Crippen LogP contribution in [0.1, 0.15) is 87.4 Å². The smallest absolute Gasteiger partial charge is 0.0974 e. The molecule has 2 nitrogen and oxygen atoms in total. The van der Waals surface area contributed by atoms with E-state index in [2.05, 4.69) is 121 Å². The van der Waals surface area contributed by atoms with Crippen LogP contribution in [0.4, 0.5) is 0 Å². The van der Waals surface area contributed by atoms with Crippen LogP contribution in [0.2, 0.25) is 0 Å². The number of benzene rings is 5. The fourth-order valence-corrected chi connectivity index (χ4v) is 8.66. The molecule has 9 rings (SSSR count). The first kappa shape index (κ1) is 29.3. The Morgan fingerprint density at radius 3 is 1.58 bits per heavy atom. The summed E-state index contributed by atoms with van der Waals surface area (Å²) in [6.07, 6.45) is 13.0. The van der Waals surface area contributed by atoms with E-state index in [-0.39, 0.29) is 0 Å². The van der Waals surface area contributed by atoms with Gasteiger partial charge in [0.1, 0.15) is 0 Å². The van der Waals surface area contributed by atoms with Crippen LogP contribution < -0.4 is 0 Å². The Labute approximate surface area is 283 Å². The van der Waals surface area contributed by atoms with Crippen molar-refractivity contribution in [3.05, 3.63) is 133 Å². The molecule has 2 saturated carbocycles. The third kappa shape index (κ3) is 5.38. The SMILES string of the molecule is c1ccc(-c2ccc(-c3cccc(-c4cc5ccc(C6CCCCC6)nc5c5nc(C6CCCCC6)ccc45)c3)c3ccccc23)cc1. The summed E-state index contributed by atoms with van der Waals surface area (Å²) in [7, 11) is 0. The lowest BCUT2D eigenvalue weighted by molar-refractivity contribution is 0.437. The van der Waals surface area contributed by atoms with Gasteiger partial charge in [0.25, 0.3) is 0 Å². The van der Waals surface area contributed by atoms with E-state index in [0.29, 0.717) is 11.8 Å². The molecule has 0 N–H and O–H groups in total. The molecule has 0 spiro atoms. The minimum absolute atomic E-state index is 0.554. The zero-order chi connectivity index (χ0) is 31.9. The van der Waals surface area contributed by atoms with Crippen LogP contribution in [0, 0.1) is 0 Å². The van der Waals surface area contributed by atoms with Crippen molar-refractivity contribution in [1.29, 1.82) is 0 Å². The lowest BCUT2D eigenvalue weighted by atomic mass is 9.85. The highest BCUT2D eigenvalue weighted by atomic mass is 14.8. The fourth-order valence-electron chi connectivity index (χ4n) is 8.66. The van der Waals surface area contributed by atoms with E-state index in [1.165, 1.54) is 131 Å². The van der Waals surface area contributed by atoms with Crippen LogP contribution in [0.25, 0.3) is 66.0 Å². The summed E-state index contributed by atoms with van der Waals surface area (Å²) < 4.78 is 0. The summed E-state index contributed by atoms with van der Waals surface area (Å²) in [6, 6.07) is 44.9. The third-order valence-electron chi connectivity index (χ3n) is 11.2. The van der Waals surface area contributed by atoms with Gasteiger partial charge in [-0.1, -0.05) is 136 Å². The zero-order valence-corrected chi connectivity index (χ0v) is 27.7. The minimum atomic E-state index is 0.554. The predicted octanol–water partition coefficient (Wildman–Crippen LogP) is 13.0. The standard InChI is InChI=1S/C46H42N2/c1-4-13-31(14-5-1)37-24-25-38(40-22-11-10-21-39(37)40)34-19-12-20-35(29-34)42-30-36-23-27-43(32-15-6-2-7-16-32)47-45(36)46-41(42)26-28-44(48-46)33-17-8-3-9-18-33/h1,4-5,10-14,19-30,32-33H,2-3,6-9,15-18H2. The molecule has 0 amide bonds. The monoisotopic (exact) mass is 622 g/mol. The number of aromatic nitrogens is 2. The molecule has 0 bridgehead atoms. The van der Waals surface area contributed by atoms with Crippen molar-refractivity contribution >= 4 is 32.6 Å². The lowest BCUT2D eigenvalue weighted by Crippen LogP contribution is -2.08. The van der Waals surface area contributed by atoms with Crippen LogP contribution >= 0.6 is 0 Å². The molecule has 48 heavy (non-hydrogen) atoms. The van der Waals surface area contributed by atoms with Crippen molar-refractivity contribution in [2.45, 2.75) is 76.0 Å². The molecule has 2 aliphatic carbocycles. The van der Waals surface area contributed by atoms with Crippen LogP contribution in [0.15, 0.2) is 121 Å². The lowest BCUT2D eigenvalue weighted by Gasteiger charge is -2.23. The molecular formula is C46H42N2. The number of pyridine rings is 2. The van der Waals surface area contributed by atoms with E-state index in [1.54, 1.807) is 0 Å². The number of hydrogen-bond donors (Lipinski definition) is 0. The highest BCUT2D eigenvalue weighted by molar-refractivity contribution is 6.11. The van der Waals surface area contributed by atoms with Crippen molar-refractivity contribution in [3.8, 4) is 33.4 Å². The molecule has 236 valence electrons. The van der Waals surface area contributed by atoms with E-state index in [9.17, 15) is 0 Å². The Bertz CT molecular complexity index is 2260. The summed E-state index contributed by atoms with van der Waals surface area (Å²) in [6.45, 7) is 0. The molecule has 2 fully saturated rings. The molecule has 0 saturated heterocycles. The average molecular weight is 623 g/mol. The molecule has 0 atom stereocenters. The van der Waals surface area contributed by atoms with Gasteiger partial charge in [-0.25, -0.2) is 0 Å². The number of rotatable bonds is 5. The maximum Gasteiger partial charge on any atom is 0.0974 e. The predicted molar refractivity (Wildman–Crippen MR) is 203 cm³/mol. The Morgan fingerprint density at radius 2 is 0.917 bits per heavy atom. The summed E-state index contributed by atoms with van der Waals surface area (Å²) >= 11 is 0. The van der Waals surface area contributed by atoms with E-state index < -0.39 is 0 Å². The normalized spacial score (nSPS) is 16.2. The van der Waals surface area contributed by atoms with E-state index >= 15 is 0 Å². The van der Waals surface area contributed by atoms with Crippen molar-refractivity contribution in [2.24, 2.45) is 0 Å². The van der Waals surface area contributed by atoms with Gasteiger partial charge in [-0.3, -0.25) is 9.97 Å². The molecule has 0 aliphatic heterocycles. The van der Waals surface area contributed by atoms with E-state index in [0.717, 1.165) is 11.0 Å². The topological polar surface area (TPSA) is 25.8 Å². The third-order valence-corrected chi connectivity index (χ3v) is 11.2. The van der Waals surface area contributed by atoms with Gasteiger partial charge in [0.05, 0.1) is 11.0 Å². The fraction of sp³-hybridized carbons (Fsp3) is 0.261. The molecule has 7 aromatic rings. The summed E-state index contributed by atoms with van der Waals surface area (Å²) in [5, 5.41) is 4.95. The maximum absolute atomic E-state index is 5.50.